The minimum absolute atomic E-state index is 0.0127. The van der Waals surface area contributed by atoms with Gasteiger partial charge in [0, 0.05) is 25.3 Å². The maximum absolute atomic E-state index is 12.4. The summed E-state index contributed by atoms with van der Waals surface area (Å²) in [7, 11) is -1.67. The average Bonchev–Trinajstić information content (AvgIpc) is 3.38. The number of amides is 3. The molecule has 2 unspecified atom stereocenters. The van der Waals surface area contributed by atoms with Crippen LogP contribution in [-0.4, -0.2) is 44.7 Å². The van der Waals surface area contributed by atoms with E-state index < -0.39 is 9.84 Å². The summed E-state index contributed by atoms with van der Waals surface area (Å²) in [6.07, 6.45) is 3.34. The number of benzene rings is 2. The molecule has 1 aromatic heterocycles. The van der Waals surface area contributed by atoms with Gasteiger partial charge in [-0.1, -0.05) is 29.5 Å². The van der Waals surface area contributed by atoms with Gasteiger partial charge in [0.05, 0.1) is 15.1 Å². The largest absolute Gasteiger partial charge is 0.359 e. The molecule has 3 amide bonds. The van der Waals surface area contributed by atoms with Gasteiger partial charge in [0.1, 0.15) is 0 Å². The first-order chi connectivity index (χ1) is 15.2. The lowest BCUT2D eigenvalue weighted by molar-refractivity contribution is -0.124. The second-order valence-corrected chi connectivity index (χ2v) is 11.0. The van der Waals surface area contributed by atoms with Crippen LogP contribution in [0, 0.1) is 5.92 Å². The Bertz CT molecular complexity index is 1290. The van der Waals surface area contributed by atoms with Crippen LogP contribution in [0.3, 0.4) is 0 Å². The Labute approximate surface area is 190 Å². The van der Waals surface area contributed by atoms with Crippen molar-refractivity contribution in [2.75, 3.05) is 18.6 Å². The van der Waals surface area contributed by atoms with Gasteiger partial charge >= 0.3 is 6.03 Å². The van der Waals surface area contributed by atoms with Crippen molar-refractivity contribution < 1.29 is 18.0 Å². The Morgan fingerprint density at radius 2 is 1.88 bits per heavy atom. The van der Waals surface area contributed by atoms with Crippen LogP contribution in [0.4, 0.5) is 9.93 Å². The Hall–Kier alpha value is -2.98. The van der Waals surface area contributed by atoms with E-state index in [0.717, 1.165) is 34.2 Å². The smallest absolute Gasteiger partial charge is 0.321 e. The molecule has 1 heterocycles. The van der Waals surface area contributed by atoms with Crippen LogP contribution in [0.15, 0.2) is 47.4 Å². The summed E-state index contributed by atoms with van der Waals surface area (Å²) in [5, 5.41) is 8.83. The zero-order valence-electron chi connectivity index (χ0n) is 17.7. The molecule has 1 saturated carbocycles. The summed E-state index contributed by atoms with van der Waals surface area (Å²) in [5.41, 5.74) is 2.41. The summed E-state index contributed by atoms with van der Waals surface area (Å²) in [6.45, 7) is 0. The lowest BCUT2D eigenvalue weighted by Gasteiger charge is -2.12. The molecule has 3 N–H and O–H groups in total. The van der Waals surface area contributed by atoms with Gasteiger partial charge in [0.2, 0.25) is 5.91 Å². The number of anilines is 1. The number of aromatic nitrogens is 1. The van der Waals surface area contributed by atoms with E-state index in [0.29, 0.717) is 11.6 Å². The van der Waals surface area contributed by atoms with Crippen LogP contribution in [0.1, 0.15) is 19.3 Å². The third-order valence-corrected chi connectivity index (χ3v) is 7.63. The SMILES string of the molecule is CNC(=O)C1CCC(NC(=O)Nc2nc3ccc(-c4cccc(S(C)(=O)=O)c4)cc3s2)C1. The zero-order chi connectivity index (χ0) is 22.9. The highest BCUT2D eigenvalue weighted by Gasteiger charge is 2.30. The molecule has 0 aliphatic heterocycles. The summed E-state index contributed by atoms with van der Waals surface area (Å²) in [4.78, 5) is 28.9. The molecular formula is C22H24N4O4S2. The second kappa shape index (κ2) is 8.87. The minimum Gasteiger partial charge on any atom is -0.359 e. The highest BCUT2D eigenvalue weighted by atomic mass is 32.2. The molecule has 0 radical (unpaired) electrons. The summed E-state index contributed by atoms with van der Waals surface area (Å²) >= 11 is 1.35. The summed E-state index contributed by atoms with van der Waals surface area (Å²) in [6, 6.07) is 12.1. The number of sulfone groups is 1. The lowest BCUT2D eigenvalue weighted by Crippen LogP contribution is -2.37. The fourth-order valence-electron chi connectivity index (χ4n) is 3.94. The maximum atomic E-state index is 12.4. The average molecular weight is 473 g/mol. The van der Waals surface area contributed by atoms with Crippen molar-refractivity contribution >= 4 is 48.5 Å². The van der Waals surface area contributed by atoms with E-state index in [-0.39, 0.29) is 28.8 Å². The molecule has 10 heteroatoms. The number of hydrogen-bond acceptors (Lipinski definition) is 6. The topological polar surface area (TPSA) is 117 Å². The van der Waals surface area contributed by atoms with E-state index >= 15 is 0 Å². The summed E-state index contributed by atoms with van der Waals surface area (Å²) < 4.78 is 24.6. The number of nitrogens with one attached hydrogen (secondary N) is 3. The number of carbonyl (C=O) groups excluding carboxylic acids is 2. The highest BCUT2D eigenvalue weighted by molar-refractivity contribution is 7.90. The molecule has 0 spiro atoms. The molecule has 4 rings (SSSR count). The standard InChI is InChI=1S/C22H24N4O4S2/c1-23-20(27)15-6-8-16(10-15)24-21(28)26-22-25-18-9-7-14(12-19(18)31-22)13-4-3-5-17(11-13)32(2,29)30/h3-5,7,9,11-12,15-16H,6,8,10H2,1-2H3,(H,23,27)(H2,24,25,26,28). The molecule has 2 atom stereocenters. The fourth-order valence-corrected chi connectivity index (χ4v) is 5.50. The van der Waals surface area contributed by atoms with Gasteiger partial charge in [0.15, 0.2) is 15.0 Å². The van der Waals surface area contributed by atoms with Gasteiger partial charge in [0.25, 0.3) is 0 Å². The van der Waals surface area contributed by atoms with Crippen LogP contribution in [0.25, 0.3) is 21.3 Å². The molecule has 1 aliphatic carbocycles. The molecule has 2 aromatic carbocycles. The molecule has 0 saturated heterocycles. The molecule has 1 aliphatic rings. The molecule has 0 bridgehead atoms. The first kappa shape index (κ1) is 22.2. The Morgan fingerprint density at radius 1 is 1.09 bits per heavy atom. The number of urea groups is 1. The van der Waals surface area contributed by atoms with E-state index in [2.05, 4.69) is 20.9 Å². The van der Waals surface area contributed by atoms with E-state index in [1.165, 1.54) is 17.6 Å². The van der Waals surface area contributed by atoms with Crippen molar-refractivity contribution in [3.05, 3.63) is 42.5 Å². The number of thiazole rings is 1. The first-order valence-corrected chi connectivity index (χ1v) is 12.9. The van der Waals surface area contributed by atoms with Crippen molar-refractivity contribution in [1.29, 1.82) is 0 Å². The minimum atomic E-state index is -3.29. The van der Waals surface area contributed by atoms with Gasteiger partial charge in [-0.25, -0.2) is 18.2 Å². The Kier molecular flexibility index (Phi) is 6.16. The third-order valence-electron chi connectivity index (χ3n) is 5.59. The third kappa shape index (κ3) is 4.91. The van der Waals surface area contributed by atoms with Gasteiger partial charge in [-0.05, 0) is 54.7 Å². The van der Waals surface area contributed by atoms with Crippen LogP contribution in [-0.2, 0) is 14.6 Å². The number of fused-ring (bicyclic) bond motifs is 1. The molecule has 3 aromatic rings. The van der Waals surface area contributed by atoms with Crippen LogP contribution >= 0.6 is 11.3 Å². The molecule has 1 fully saturated rings. The quantitative estimate of drug-likeness (QED) is 0.526. The normalized spacial score (nSPS) is 18.4. The van der Waals surface area contributed by atoms with Gasteiger partial charge < -0.3 is 10.6 Å². The lowest BCUT2D eigenvalue weighted by atomic mass is 10.1. The van der Waals surface area contributed by atoms with Crippen LogP contribution in [0.5, 0.6) is 0 Å². The van der Waals surface area contributed by atoms with Crippen molar-refractivity contribution in [3.8, 4) is 11.1 Å². The predicted molar refractivity (Wildman–Crippen MR) is 126 cm³/mol. The molecule has 8 nitrogen and oxygen atoms in total. The fraction of sp³-hybridized carbons (Fsp3) is 0.318. The number of carbonyl (C=O) groups is 2. The van der Waals surface area contributed by atoms with E-state index in [9.17, 15) is 18.0 Å². The van der Waals surface area contributed by atoms with Crippen molar-refractivity contribution in [1.82, 2.24) is 15.6 Å². The Morgan fingerprint density at radius 3 is 2.62 bits per heavy atom. The Balaban J connectivity index is 1.46. The van der Waals surface area contributed by atoms with Crippen molar-refractivity contribution in [2.45, 2.75) is 30.2 Å². The number of rotatable bonds is 5. The zero-order valence-corrected chi connectivity index (χ0v) is 19.3. The van der Waals surface area contributed by atoms with E-state index in [1.807, 2.05) is 24.3 Å². The monoisotopic (exact) mass is 472 g/mol. The van der Waals surface area contributed by atoms with Crippen molar-refractivity contribution in [2.24, 2.45) is 5.92 Å². The van der Waals surface area contributed by atoms with Crippen LogP contribution in [0.2, 0.25) is 0 Å². The highest BCUT2D eigenvalue weighted by Crippen LogP contribution is 2.31. The molecular weight excluding hydrogens is 448 g/mol. The van der Waals surface area contributed by atoms with Gasteiger partial charge in [-0.2, -0.15) is 0 Å². The van der Waals surface area contributed by atoms with Crippen LogP contribution < -0.4 is 16.0 Å². The number of nitrogens with zero attached hydrogens (tertiary/aromatic N) is 1. The van der Waals surface area contributed by atoms with E-state index in [1.54, 1.807) is 25.2 Å². The number of hydrogen-bond donors (Lipinski definition) is 3. The van der Waals surface area contributed by atoms with Gasteiger partial charge in [-0.15, -0.1) is 0 Å². The van der Waals surface area contributed by atoms with Gasteiger partial charge in [-0.3, -0.25) is 10.1 Å². The second-order valence-electron chi connectivity index (χ2n) is 7.92. The van der Waals surface area contributed by atoms with E-state index in [4.69, 9.17) is 0 Å². The van der Waals surface area contributed by atoms with Crippen molar-refractivity contribution in [3.63, 3.8) is 0 Å². The molecule has 168 valence electrons. The first-order valence-electron chi connectivity index (χ1n) is 10.2. The maximum Gasteiger partial charge on any atom is 0.321 e. The summed E-state index contributed by atoms with van der Waals surface area (Å²) in [5.74, 6) is -0.0499. The molecule has 32 heavy (non-hydrogen) atoms. The predicted octanol–water partition coefficient (Wildman–Crippen LogP) is 3.40.